The highest BCUT2D eigenvalue weighted by atomic mass is 16.4. The zero-order valence-electron chi connectivity index (χ0n) is 11.7. The van der Waals surface area contributed by atoms with Crippen LogP contribution in [0, 0.1) is 11.3 Å². The van der Waals surface area contributed by atoms with Crippen LogP contribution in [0.3, 0.4) is 0 Å². The molecule has 2 heterocycles. The second-order valence-electron chi connectivity index (χ2n) is 4.79. The molecule has 1 aromatic carbocycles. The Balaban J connectivity index is 2.22. The number of carboxylic acids is 1. The minimum absolute atomic E-state index is 0.107. The fourth-order valence-electron chi connectivity index (χ4n) is 2.27. The zero-order chi connectivity index (χ0) is 16.4. The van der Waals surface area contributed by atoms with E-state index in [1.165, 1.54) is 23.2 Å². The van der Waals surface area contributed by atoms with Crippen LogP contribution in [0.4, 0.5) is 0 Å². The minimum Gasteiger partial charge on any atom is -0.477 e. The van der Waals surface area contributed by atoms with Crippen molar-refractivity contribution in [3.63, 3.8) is 0 Å². The number of fused-ring (bicyclic) bond motifs is 1. The zero-order valence-corrected chi connectivity index (χ0v) is 11.7. The van der Waals surface area contributed by atoms with E-state index in [0.717, 1.165) is 0 Å². The van der Waals surface area contributed by atoms with Crippen molar-refractivity contribution in [1.82, 2.24) is 14.5 Å². The highest BCUT2D eigenvalue weighted by Gasteiger charge is 2.17. The van der Waals surface area contributed by atoms with Gasteiger partial charge in [-0.2, -0.15) is 5.26 Å². The number of nitrogens with zero attached hydrogens (tertiary/aromatic N) is 4. The lowest BCUT2D eigenvalue weighted by Crippen LogP contribution is -2.25. The molecule has 7 heteroatoms. The minimum atomic E-state index is -1.23. The van der Waals surface area contributed by atoms with Crippen LogP contribution in [0.1, 0.15) is 22.1 Å². The Hall–Kier alpha value is -3.53. The van der Waals surface area contributed by atoms with Crippen molar-refractivity contribution in [2.45, 2.75) is 6.04 Å². The molecule has 3 aromatic rings. The van der Waals surface area contributed by atoms with E-state index in [-0.39, 0.29) is 16.6 Å². The van der Waals surface area contributed by atoms with Crippen molar-refractivity contribution in [3.8, 4) is 6.07 Å². The van der Waals surface area contributed by atoms with Gasteiger partial charge in [-0.25, -0.2) is 14.8 Å². The van der Waals surface area contributed by atoms with Crippen LogP contribution in [0.15, 0.2) is 53.7 Å². The summed E-state index contributed by atoms with van der Waals surface area (Å²) < 4.78 is 1.18. The number of hydrogen-bond donors (Lipinski definition) is 1. The molecule has 1 atom stereocenters. The van der Waals surface area contributed by atoms with Crippen molar-refractivity contribution in [3.05, 3.63) is 70.5 Å². The number of benzene rings is 1. The summed E-state index contributed by atoms with van der Waals surface area (Å²) in [6, 6.07) is 11.2. The summed E-state index contributed by atoms with van der Waals surface area (Å²) in [6.07, 6.45) is 2.50. The molecule has 7 nitrogen and oxygen atoms in total. The van der Waals surface area contributed by atoms with Crippen molar-refractivity contribution in [1.29, 1.82) is 5.26 Å². The highest BCUT2D eigenvalue weighted by Crippen LogP contribution is 2.16. The van der Waals surface area contributed by atoms with Crippen molar-refractivity contribution in [2.24, 2.45) is 0 Å². The maximum Gasteiger partial charge on any atom is 0.354 e. The number of carboxylic acid groups (broad SMARTS) is 1. The molecular weight excluding hydrogens is 296 g/mol. The van der Waals surface area contributed by atoms with Gasteiger partial charge < -0.3 is 5.11 Å². The molecule has 0 fully saturated rings. The van der Waals surface area contributed by atoms with Gasteiger partial charge in [0.05, 0.1) is 29.5 Å². The fourth-order valence-corrected chi connectivity index (χ4v) is 2.27. The molecular formula is C16H10N4O3. The van der Waals surface area contributed by atoms with Crippen molar-refractivity contribution in [2.75, 3.05) is 0 Å². The van der Waals surface area contributed by atoms with Gasteiger partial charge in [-0.3, -0.25) is 9.36 Å². The summed E-state index contributed by atoms with van der Waals surface area (Å²) >= 11 is 0. The molecule has 0 aliphatic heterocycles. The smallest absolute Gasteiger partial charge is 0.354 e. The molecule has 0 aliphatic carbocycles. The molecule has 1 unspecified atom stereocenters. The maximum absolute atomic E-state index is 12.6. The number of nitriles is 1. The molecule has 0 bridgehead atoms. The normalized spacial score (nSPS) is 11.8. The second kappa shape index (κ2) is 5.69. The van der Waals surface area contributed by atoms with Gasteiger partial charge in [-0.05, 0) is 11.6 Å². The first-order valence-corrected chi connectivity index (χ1v) is 6.66. The topological polar surface area (TPSA) is 109 Å². The second-order valence-corrected chi connectivity index (χ2v) is 4.79. The number of carbonyl (C=O) groups is 1. The van der Waals surface area contributed by atoms with Gasteiger partial charge in [0.25, 0.3) is 5.56 Å². The van der Waals surface area contributed by atoms with Crippen LogP contribution >= 0.6 is 0 Å². The molecule has 112 valence electrons. The highest BCUT2D eigenvalue weighted by molar-refractivity contribution is 5.90. The first kappa shape index (κ1) is 14.4. The lowest BCUT2D eigenvalue weighted by atomic mass is 10.1. The molecule has 0 saturated carbocycles. The van der Waals surface area contributed by atoms with Crippen molar-refractivity contribution >= 4 is 16.9 Å². The predicted octanol–water partition coefficient (Wildman–Crippen LogP) is 1.60. The van der Waals surface area contributed by atoms with Crippen LogP contribution in [0.2, 0.25) is 0 Å². The SMILES string of the molecule is N#CC(c1ccccc1)n1cnc2cnc(C(=O)O)cc2c1=O. The van der Waals surface area contributed by atoms with Crippen molar-refractivity contribution < 1.29 is 9.90 Å². The molecule has 0 spiro atoms. The molecule has 23 heavy (non-hydrogen) atoms. The number of rotatable bonds is 3. The lowest BCUT2D eigenvalue weighted by Gasteiger charge is -2.13. The molecule has 2 aromatic heterocycles. The van der Waals surface area contributed by atoms with E-state index in [1.54, 1.807) is 24.3 Å². The summed E-state index contributed by atoms with van der Waals surface area (Å²) in [6.45, 7) is 0. The summed E-state index contributed by atoms with van der Waals surface area (Å²) in [5, 5.41) is 18.5. The Morgan fingerprint density at radius 3 is 2.65 bits per heavy atom. The van der Waals surface area contributed by atoms with Gasteiger partial charge in [-0.1, -0.05) is 30.3 Å². The van der Waals surface area contributed by atoms with E-state index in [1.807, 2.05) is 6.07 Å². The summed E-state index contributed by atoms with van der Waals surface area (Å²) in [4.78, 5) is 31.5. The Morgan fingerprint density at radius 1 is 1.26 bits per heavy atom. The predicted molar refractivity (Wildman–Crippen MR) is 81.0 cm³/mol. The van der Waals surface area contributed by atoms with Crippen LogP contribution in [-0.2, 0) is 0 Å². The van der Waals surface area contributed by atoms with E-state index < -0.39 is 17.6 Å². The van der Waals surface area contributed by atoms with Crippen LogP contribution in [0.5, 0.6) is 0 Å². The molecule has 0 aliphatic rings. The first-order chi connectivity index (χ1) is 11.1. The van der Waals surface area contributed by atoms with E-state index in [2.05, 4.69) is 16.0 Å². The lowest BCUT2D eigenvalue weighted by molar-refractivity contribution is 0.0690. The summed E-state index contributed by atoms with van der Waals surface area (Å²) in [5.41, 5.74) is 0.185. The van der Waals surface area contributed by atoms with Crippen LogP contribution in [-0.4, -0.2) is 25.6 Å². The molecule has 3 rings (SSSR count). The van der Waals surface area contributed by atoms with Gasteiger partial charge in [-0.15, -0.1) is 0 Å². The Morgan fingerprint density at radius 2 is 2.00 bits per heavy atom. The standard InChI is InChI=1S/C16H10N4O3/c17-7-14(10-4-2-1-3-5-10)20-9-19-13-8-18-12(16(22)23)6-11(13)15(20)21/h1-6,8-9,14H,(H,22,23). The Kier molecular flexibility index (Phi) is 3.57. The molecule has 0 saturated heterocycles. The van der Waals surface area contributed by atoms with Crippen LogP contribution < -0.4 is 5.56 Å². The van der Waals surface area contributed by atoms with E-state index in [0.29, 0.717) is 5.56 Å². The monoisotopic (exact) mass is 306 g/mol. The van der Waals surface area contributed by atoms with Gasteiger partial charge in [0.15, 0.2) is 6.04 Å². The third kappa shape index (κ3) is 2.53. The summed E-state index contributed by atoms with van der Waals surface area (Å²) in [7, 11) is 0. The Labute approximate surface area is 130 Å². The summed E-state index contributed by atoms with van der Waals surface area (Å²) in [5.74, 6) is -1.23. The van der Waals surface area contributed by atoms with E-state index in [4.69, 9.17) is 5.11 Å². The number of pyridine rings is 1. The third-order valence-corrected chi connectivity index (χ3v) is 3.40. The van der Waals surface area contributed by atoms with Gasteiger partial charge in [0, 0.05) is 0 Å². The van der Waals surface area contributed by atoms with Gasteiger partial charge in [0.2, 0.25) is 0 Å². The van der Waals surface area contributed by atoms with Gasteiger partial charge >= 0.3 is 5.97 Å². The number of hydrogen-bond acceptors (Lipinski definition) is 5. The number of aromatic nitrogens is 3. The third-order valence-electron chi connectivity index (χ3n) is 3.40. The average molecular weight is 306 g/mol. The molecule has 0 radical (unpaired) electrons. The Bertz CT molecular complexity index is 990. The van der Waals surface area contributed by atoms with Crippen LogP contribution in [0.25, 0.3) is 10.9 Å². The molecule has 1 N–H and O–H groups in total. The fraction of sp³-hybridized carbons (Fsp3) is 0.0625. The quantitative estimate of drug-likeness (QED) is 0.787. The van der Waals surface area contributed by atoms with E-state index in [9.17, 15) is 14.9 Å². The maximum atomic E-state index is 12.6. The van der Waals surface area contributed by atoms with E-state index >= 15 is 0 Å². The average Bonchev–Trinajstić information content (AvgIpc) is 2.58. The number of aromatic carboxylic acids is 1. The molecule has 0 amide bonds. The first-order valence-electron chi connectivity index (χ1n) is 6.66. The largest absolute Gasteiger partial charge is 0.477 e. The van der Waals surface area contributed by atoms with Gasteiger partial charge in [0.1, 0.15) is 5.69 Å².